The molecule has 158 valence electrons. The first-order chi connectivity index (χ1) is 14.3. The van der Waals surface area contributed by atoms with E-state index in [1.54, 1.807) is 36.2 Å². The molecule has 0 radical (unpaired) electrons. The fourth-order valence-electron chi connectivity index (χ4n) is 3.58. The number of aliphatic hydroxyl groups is 1. The molecule has 2 amide bonds. The third-order valence-electron chi connectivity index (χ3n) is 5.37. The Hall–Kier alpha value is -3.32. The predicted octanol–water partition coefficient (Wildman–Crippen LogP) is 2.53. The highest BCUT2D eigenvalue weighted by Gasteiger charge is 2.42. The molecule has 30 heavy (non-hydrogen) atoms. The lowest BCUT2D eigenvalue weighted by atomic mass is 10.0. The molecule has 1 N–H and O–H groups in total. The second kappa shape index (κ2) is 8.59. The fraction of sp³-hybridized carbons (Fsp3) is 0.304. The summed E-state index contributed by atoms with van der Waals surface area (Å²) in [6.45, 7) is 3.89. The summed E-state index contributed by atoms with van der Waals surface area (Å²) < 4.78 is 10.7. The van der Waals surface area contributed by atoms with Gasteiger partial charge in [0.2, 0.25) is 0 Å². The predicted molar refractivity (Wildman–Crippen MR) is 115 cm³/mol. The van der Waals surface area contributed by atoms with Gasteiger partial charge in [-0.15, -0.1) is 0 Å². The van der Waals surface area contributed by atoms with Crippen molar-refractivity contribution in [1.82, 2.24) is 4.90 Å². The summed E-state index contributed by atoms with van der Waals surface area (Å²) in [6.07, 6.45) is 0. The van der Waals surface area contributed by atoms with Crippen LogP contribution in [0, 0.1) is 13.8 Å². The van der Waals surface area contributed by atoms with Gasteiger partial charge in [0, 0.05) is 13.6 Å². The van der Waals surface area contributed by atoms with Crippen LogP contribution in [0.3, 0.4) is 0 Å². The van der Waals surface area contributed by atoms with Crippen molar-refractivity contribution in [2.75, 3.05) is 39.3 Å². The highest BCUT2D eigenvalue weighted by molar-refractivity contribution is 6.45. The van der Waals surface area contributed by atoms with Crippen molar-refractivity contribution >= 4 is 23.1 Å². The van der Waals surface area contributed by atoms with Gasteiger partial charge in [0.05, 0.1) is 32.1 Å². The molecule has 1 heterocycles. The number of aryl methyl sites for hydroxylation is 1. The number of imide groups is 1. The lowest BCUT2D eigenvalue weighted by Gasteiger charge is -2.21. The lowest BCUT2D eigenvalue weighted by Crippen LogP contribution is -2.35. The first-order valence-corrected chi connectivity index (χ1v) is 9.59. The monoisotopic (exact) mass is 410 g/mol. The van der Waals surface area contributed by atoms with E-state index in [4.69, 9.17) is 9.47 Å². The minimum atomic E-state index is -0.422. The molecule has 1 aliphatic heterocycles. The molecule has 2 aromatic rings. The molecule has 0 saturated carbocycles. The van der Waals surface area contributed by atoms with Gasteiger partial charge in [-0.25, -0.2) is 4.90 Å². The number of hydrogen-bond acceptors (Lipinski definition) is 6. The number of amides is 2. The number of methoxy groups -OCH3 is 2. The lowest BCUT2D eigenvalue weighted by molar-refractivity contribution is -0.120. The Kier molecular flexibility index (Phi) is 6.12. The van der Waals surface area contributed by atoms with E-state index >= 15 is 0 Å². The van der Waals surface area contributed by atoms with Crippen LogP contribution < -0.4 is 14.4 Å². The van der Waals surface area contributed by atoms with E-state index in [2.05, 4.69) is 0 Å². The van der Waals surface area contributed by atoms with Gasteiger partial charge < -0.3 is 19.5 Å². The zero-order valence-electron chi connectivity index (χ0n) is 17.9. The van der Waals surface area contributed by atoms with E-state index in [0.717, 1.165) is 11.1 Å². The number of carbonyl (C=O) groups is 2. The maximum absolute atomic E-state index is 13.5. The summed E-state index contributed by atoms with van der Waals surface area (Å²) in [5.74, 6) is 0.141. The zero-order chi connectivity index (χ0) is 22.0. The molecule has 0 unspecified atom stereocenters. The van der Waals surface area contributed by atoms with Crippen LogP contribution in [-0.4, -0.2) is 56.2 Å². The van der Waals surface area contributed by atoms with E-state index in [1.165, 1.54) is 19.1 Å². The summed E-state index contributed by atoms with van der Waals surface area (Å²) in [5, 5.41) is 9.41. The average Bonchev–Trinajstić information content (AvgIpc) is 3.00. The maximum Gasteiger partial charge on any atom is 0.282 e. The summed E-state index contributed by atoms with van der Waals surface area (Å²) in [4.78, 5) is 29.8. The molecule has 0 fully saturated rings. The van der Waals surface area contributed by atoms with Crippen LogP contribution >= 0.6 is 0 Å². The third-order valence-corrected chi connectivity index (χ3v) is 5.37. The second-order valence-corrected chi connectivity index (χ2v) is 7.10. The number of hydrogen-bond donors (Lipinski definition) is 1. The Morgan fingerprint density at radius 1 is 1.00 bits per heavy atom. The molecule has 2 aromatic carbocycles. The molecule has 0 spiro atoms. The van der Waals surface area contributed by atoms with Crippen molar-refractivity contribution in [3.63, 3.8) is 0 Å². The molecule has 0 bridgehead atoms. The summed E-state index contributed by atoms with van der Waals surface area (Å²) >= 11 is 0. The van der Waals surface area contributed by atoms with Crippen molar-refractivity contribution in [2.45, 2.75) is 13.8 Å². The quantitative estimate of drug-likeness (QED) is 0.707. The number of rotatable bonds is 7. The Labute approximate surface area is 176 Å². The Morgan fingerprint density at radius 2 is 1.70 bits per heavy atom. The molecule has 7 heteroatoms. The van der Waals surface area contributed by atoms with E-state index in [-0.39, 0.29) is 24.4 Å². The minimum absolute atomic E-state index is 0.149. The number of aliphatic hydroxyl groups excluding tert-OH is 1. The van der Waals surface area contributed by atoms with Gasteiger partial charge in [0.1, 0.15) is 5.70 Å². The fourth-order valence-corrected chi connectivity index (χ4v) is 3.58. The third kappa shape index (κ3) is 3.52. The highest BCUT2D eigenvalue weighted by Crippen LogP contribution is 2.38. The first-order valence-electron chi connectivity index (χ1n) is 9.59. The molecule has 0 aromatic heterocycles. The highest BCUT2D eigenvalue weighted by atomic mass is 16.5. The van der Waals surface area contributed by atoms with E-state index in [9.17, 15) is 14.7 Å². The standard InChI is InChI=1S/C23H26N2O5/c1-14-7-6-8-17(15(14)2)25-22(27)20(21(23(25)28)24(3)11-12-26)16-9-10-18(29-4)19(13-16)30-5/h6-10,13,26H,11-12H2,1-5H3. The van der Waals surface area contributed by atoms with Gasteiger partial charge in [0.15, 0.2) is 11.5 Å². The van der Waals surface area contributed by atoms with Crippen molar-refractivity contribution < 1.29 is 24.2 Å². The summed E-state index contributed by atoms with van der Waals surface area (Å²) in [5.41, 5.74) is 3.43. The van der Waals surface area contributed by atoms with E-state index in [0.29, 0.717) is 22.7 Å². The molecule has 0 saturated heterocycles. The molecule has 0 atom stereocenters. The SMILES string of the molecule is COc1ccc(C2=C(N(C)CCO)C(=O)N(c3cccc(C)c3C)C2=O)cc1OC. The number of carbonyl (C=O) groups excluding carboxylic acids is 2. The van der Waals surface area contributed by atoms with Gasteiger partial charge in [-0.1, -0.05) is 18.2 Å². The van der Waals surface area contributed by atoms with Gasteiger partial charge in [0.25, 0.3) is 11.8 Å². The van der Waals surface area contributed by atoms with Crippen molar-refractivity contribution in [3.8, 4) is 11.5 Å². The number of benzene rings is 2. The van der Waals surface area contributed by atoms with Crippen LogP contribution in [0.2, 0.25) is 0 Å². The van der Waals surface area contributed by atoms with Gasteiger partial charge in [-0.05, 0) is 48.7 Å². The number of ether oxygens (including phenoxy) is 2. The number of likely N-dealkylation sites (N-methyl/N-ethyl adjacent to an activating group) is 1. The van der Waals surface area contributed by atoms with Crippen LogP contribution in [0.5, 0.6) is 11.5 Å². The molecule has 0 aliphatic carbocycles. The largest absolute Gasteiger partial charge is 0.493 e. The molecular formula is C23H26N2O5. The molecule has 3 rings (SSSR count). The Bertz CT molecular complexity index is 1030. The number of anilines is 1. The van der Waals surface area contributed by atoms with Crippen LogP contribution in [0.15, 0.2) is 42.1 Å². The summed E-state index contributed by atoms with van der Waals surface area (Å²) in [6, 6.07) is 10.6. The van der Waals surface area contributed by atoms with Crippen molar-refractivity contribution in [2.24, 2.45) is 0 Å². The molecule has 7 nitrogen and oxygen atoms in total. The Morgan fingerprint density at radius 3 is 2.33 bits per heavy atom. The zero-order valence-corrected chi connectivity index (χ0v) is 17.9. The van der Waals surface area contributed by atoms with Crippen molar-refractivity contribution in [1.29, 1.82) is 0 Å². The first kappa shape index (κ1) is 21.4. The normalized spacial score (nSPS) is 13.9. The second-order valence-electron chi connectivity index (χ2n) is 7.10. The van der Waals surface area contributed by atoms with Crippen LogP contribution in [-0.2, 0) is 9.59 Å². The van der Waals surface area contributed by atoms with E-state index in [1.807, 2.05) is 26.0 Å². The summed E-state index contributed by atoms with van der Waals surface area (Å²) in [7, 11) is 4.73. The molecular weight excluding hydrogens is 384 g/mol. The van der Waals surface area contributed by atoms with Gasteiger partial charge >= 0.3 is 0 Å². The maximum atomic E-state index is 13.5. The van der Waals surface area contributed by atoms with Crippen LogP contribution in [0.4, 0.5) is 5.69 Å². The smallest absolute Gasteiger partial charge is 0.282 e. The van der Waals surface area contributed by atoms with Gasteiger partial charge in [-0.3, -0.25) is 9.59 Å². The number of nitrogens with zero attached hydrogens (tertiary/aromatic N) is 2. The van der Waals surface area contributed by atoms with Gasteiger partial charge in [-0.2, -0.15) is 0 Å². The molecule has 1 aliphatic rings. The average molecular weight is 410 g/mol. The topological polar surface area (TPSA) is 79.3 Å². The Balaban J connectivity index is 2.19. The van der Waals surface area contributed by atoms with E-state index < -0.39 is 11.8 Å². The van der Waals surface area contributed by atoms with Crippen LogP contribution in [0.25, 0.3) is 5.57 Å². The van der Waals surface area contributed by atoms with Crippen molar-refractivity contribution in [3.05, 3.63) is 58.8 Å². The van der Waals surface area contributed by atoms with Crippen LogP contribution in [0.1, 0.15) is 16.7 Å². The minimum Gasteiger partial charge on any atom is -0.493 e.